The van der Waals surface area contributed by atoms with E-state index in [0.717, 1.165) is 34.8 Å². The highest BCUT2D eigenvalue weighted by Gasteiger charge is 2.32. The number of allylic oxidation sites excluding steroid dienone is 2. The fourth-order valence-electron chi connectivity index (χ4n) is 3.54. The highest BCUT2D eigenvalue weighted by molar-refractivity contribution is 7.18. The van der Waals surface area contributed by atoms with Crippen molar-refractivity contribution in [1.82, 2.24) is 10.3 Å². The molecule has 3 aromatic rings. The number of aromatic nitrogens is 1. The Hall–Kier alpha value is -2.17. The average Bonchev–Trinajstić information content (AvgIpc) is 3.13. The summed E-state index contributed by atoms with van der Waals surface area (Å²) in [6.07, 6.45) is 6.74. The van der Waals surface area contributed by atoms with Gasteiger partial charge in [-0.2, -0.15) is 0 Å². The fraction of sp³-hybridized carbons (Fsp3) is 0.273. The summed E-state index contributed by atoms with van der Waals surface area (Å²) in [7, 11) is 0. The molecule has 0 fully saturated rings. The van der Waals surface area contributed by atoms with Gasteiger partial charge in [0.25, 0.3) is 0 Å². The van der Waals surface area contributed by atoms with E-state index in [9.17, 15) is 4.79 Å². The van der Waals surface area contributed by atoms with E-state index in [4.69, 9.17) is 16.6 Å². The van der Waals surface area contributed by atoms with Gasteiger partial charge in [-0.15, -0.1) is 11.3 Å². The Morgan fingerprint density at radius 1 is 1.11 bits per heavy atom. The van der Waals surface area contributed by atoms with Crippen LogP contribution in [0, 0.1) is 5.92 Å². The molecule has 0 aliphatic heterocycles. The minimum atomic E-state index is -0.0548. The molecule has 3 nitrogen and oxygen atoms in total. The van der Waals surface area contributed by atoms with Crippen molar-refractivity contribution in [2.45, 2.75) is 25.2 Å². The van der Waals surface area contributed by atoms with Gasteiger partial charge in [0, 0.05) is 17.5 Å². The number of hydrogen-bond donors (Lipinski definition) is 1. The fourth-order valence-corrected chi connectivity index (χ4v) is 4.81. The number of nitrogens with zero attached hydrogens (tertiary/aromatic N) is 1. The topological polar surface area (TPSA) is 42.0 Å². The van der Waals surface area contributed by atoms with Gasteiger partial charge in [-0.25, -0.2) is 4.98 Å². The number of nitrogens with one attached hydrogen (secondary N) is 1. The van der Waals surface area contributed by atoms with Gasteiger partial charge < -0.3 is 5.32 Å². The second-order valence-corrected chi connectivity index (χ2v) is 8.34. The van der Waals surface area contributed by atoms with Crippen molar-refractivity contribution in [3.05, 3.63) is 76.3 Å². The minimum absolute atomic E-state index is 0.0548. The zero-order valence-corrected chi connectivity index (χ0v) is 16.5. The number of hydrogen-bond acceptors (Lipinski definition) is 3. The summed E-state index contributed by atoms with van der Waals surface area (Å²) in [6, 6.07) is 15.9. The Kier molecular flexibility index (Phi) is 5.55. The van der Waals surface area contributed by atoms with E-state index >= 15 is 0 Å². The molecule has 1 amide bonds. The molecule has 27 heavy (non-hydrogen) atoms. The van der Waals surface area contributed by atoms with Crippen LogP contribution < -0.4 is 5.32 Å². The van der Waals surface area contributed by atoms with E-state index < -0.39 is 0 Å². The molecule has 1 N–H and O–H groups in total. The number of fused-ring (bicyclic) bond motifs is 1. The van der Waals surface area contributed by atoms with E-state index in [1.165, 1.54) is 10.3 Å². The van der Waals surface area contributed by atoms with Gasteiger partial charge in [0.2, 0.25) is 5.91 Å². The zero-order valence-electron chi connectivity index (χ0n) is 14.9. The lowest BCUT2D eigenvalue weighted by Crippen LogP contribution is -2.36. The van der Waals surface area contributed by atoms with Crippen LogP contribution >= 0.6 is 22.9 Å². The van der Waals surface area contributed by atoms with Gasteiger partial charge >= 0.3 is 0 Å². The summed E-state index contributed by atoms with van der Waals surface area (Å²) in [5.41, 5.74) is 2.19. The molecule has 0 saturated carbocycles. The maximum Gasteiger partial charge on any atom is 0.224 e. The summed E-state index contributed by atoms with van der Waals surface area (Å²) >= 11 is 7.63. The normalized spacial score (nSPS) is 19.3. The van der Waals surface area contributed by atoms with Crippen LogP contribution in [-0.4, -0.2) is 17.4 Å². The quantitative estimate of drug-likeness (QED) is 0.590. The second-order valence-electron chi connectivity index (χ2n) is 6.84. The van der Waals surface area contributed by atoms with Crippen molar-refractivity contribution in [3.63, 3.8) is 0 Å². The molecule has 2 aromatic carbocycles. The number of carbonyl (C=O) groups is 1. The van der Waals surface area contributed by atoms with E-state index in [1.54, 1.807) is 11.3 Å². The summed E-state index contributed by atoms with van der Waals surface area (Å²) in [6.45, 7) is 0.632. The van der Waals surface area contributed by atoms with Crippen LogP contribution in [0.4, 0.5) is 0 Å². The number of benzene rings is 2. The lowest BCUT2D eigenvalue weighted by atomic mass is 9.82. The second kappa shape index (κ2) is 8.24. The van der Waals surface area contributed by atoms with Crippen LogP contribution in [-0.2, 0) is 11.2 Å². The van der Waals surface area contributed by atoms with Crippen LogP contribution in [0.3, 0.4) is 0 Å². The first-order chi connectivity index (χ1) is 13.2. The number of amides is 1. The van der Waals surface area contributed by atoms with E-state index in [-0.39, 0.29) is 17.7 Å². The van der Waals surface area contributed by atoms with Gasteiger partial charge in [0.05, 0.1) is 21.1 Å². The molecule has 1 aliphatic rings. The van der Waals surface area contributed by atoms with Gasteiger partial charge in [0.1, 0.15) is 0 Å². The molecule has 0 unspecified atom stereocenters. The van der Waals surface area contributed by atoms with Crippen LogP contribution in [0.5, 0.6) is 0 Å². The van der Waals surface area contributed by atoms with Gasteiger partial charge in [0.15, 0.2) is 0 Å². The molecule has 0 saturated heterocycles. The molecule has 0 spiro atoms. The van der Waals surface area contributed by atoms with E-state index in [2.05, 4.69) is 23.5 Å². The van der Waals surface area contributed by atoms with Crippen LogP contribution in [0.25, 0.3) is 10.2 Å². The van der Waals surface area contributed by atoms with Crippen LogP contribution in [0.15, 0.2) is 60.7 Å². The van der Waals surface area contributed by atoms with Crippen molar-refractivity contribution in [1.29, 1.82) is 0 Å². The average molecular weight is 397 g/mol. The first-order valence-electron chi connectivity index (χ1n) is 9.23. The highest BCUT2D eigenvalue weighted by atomic mass is 35.5. The van der Waals surface area contributed by atoms with E-state index in [1.807, 2.05) is 42.5 Å². The Bertz CT molecular complexity index is 931. The Balaban J connectivity index is 1.43. The first kappa shape index (κ1) is 18.2. The zero-order chi connectivity index (χ0) is 18.6. The smallest absolute Gasteiger partial charge is 0.224 e. The van der Waals surface area contributed by atoms with Crippen molar-refractivity contribution in [2.75, 3.05) is 6.54 Å². The number of thiazole rings is 1. The third kappa shape index (κ3) is 4.23. The molecule has 1 aromatic heterocycles. The van der Waals surface area contributed by atoms with E-state index in [0.29, 0.717) is 6.54 Å². The Morgan fingerprint density at radius 2 is 1.89 bits per heavy atom. The van der Waals surface area contributed by atoms with Crippen LogP contribution in [0.2, 0.25) is 5.02 Å². The SMILES string of the molecule is O=C(NCCc1ccc(Cl)cc1)[C@@H]1CC=CC[C@@H]1c1nc2ccccc2s1. The molecule has 1 aliphatic carbocycles. The molecular weight excluding hydrogens is 376 g/mol. The van der Waals surface area contributed by atoms with Crippen molar-refractivity contribution >= 4 is 39.1 Å². The molecule has 1 heterocycles. The van der Waals surface area contributed by atoms with Gasteiger partial charge in [-0.05, 0) is 49.1 Å². The summed E-state index contributed by atoms with van der Waals surface area (Å²) in [5.74, 6) is 0.223. The first-order valence-corrected chi connectivity index (χ1v) is 10.4. The standard InChI is InChI=1S/C22H21ClN2OS/c23-16-11-9-15(10-12-16)13-14-24-21(26)17-5-1-2-6-18(17)22-25-19-7-3-4-8-20(19)27-22/h1-4,7-12,17-18H,5-6,13-14H2,(H,24,26)/t17-,18+/m1/s1. The molecule has 138 valence electrons. The largest absolute Gasteiger partial charge is 0.356 e. The molecular formula is C22H21ClN2OS. The summed E-state index contributed by atoms with van der Waals surface area (Å²) in [5, 5.41) is 4.92. The number of carbonyl (C=O) groups excluding carboxylic acids is 1. The van der Waals surface area contributed by atoms with Crippen LogP contribution in [0.1, 0.15) is 29.3 Å². The number of halogens is 1. The molecule has 0 bridgehead atoms. The maximum atomic E-state index is 12.9. The van der Waals surface area contributed by atoms with Crippen molar-refractivity contribution < 1.29 is 4.79 Å². The predicted molar refractivity (Wildman–Crippen MR) is 112 cm³/mol. The maximum absolute atomic E-state index is 12.9. The Morgan fingerprint density at radius 3 is 2.70 bits per heavy atom. The third-order valence-corrected chi connectivity index (χ3v) is 6.44. The molecule has 4 rings (SSSR count). The van der Waals surface area contributed by atoms with Gasteiger partial charge in [-0.3, -0.25) is 4.79 Å². The third-order valence-electron chi connectivity index (χ3n) is 5.02. The van der Waals surface area contributed by atoms with Gasteiger partial charge in [-0.1, -0.05) is 48.0 Å². The lowest BCUT2D eigenvalue weighted by molar-refractivity contribution is -0.125. The monoisotopic (exact) mass is 396 g/mol. The molecule has 2 atom stereocenters. The Labute approximate surface area is 168 Å². The molecule has 5 heteroatoms. The number of rotatable bonds is 5. The lowest BCUT2D eigenvalue weighted by Gasteiger charge is -2.26. The minimum Gasteiger partial charge on any atom is -0.356 e. The number of para-hydroxylation sites is 1. The van der Waals surface area contributed by atoms with Crippen molar-refractivity contribution in [3.8, 4) is 0 Å². The summed E-state index contributed by atoms with van der Waals surface area (Å²) in [4.78, 5) is 17.6. The molecule has 0 radical (unpaired) electrons. The van der Waals surface area contributed by atoms with Crippen molar-refractivity contribution in [2.24, 2.45) is 5.92 Å². The summed E-state index contributed by atoms with van der Waals surface area (Å²) < 4.78 is 1.18. The highest BCUT2D eigenvalue weighted by Crippen LogP contribution is 2.38. The predicted octanol–water partition coefficient (Wildman–Crippen LogP) is 5.36.